The number of carbonyl (C=O) groups is 2. The second-order valence-corrected chi connectivity index (χ2v) is 17.5. The molecule has 2 aliphatic carbocycles. The third kappa shape index (κ3) is 13.2. The van der Waals surface area contributed by atoms with Crippen LogP contribution in [-0.2, 0) is 19.0 Å². The van der Waals surface area contributed by atoms with Crippen LogP contribution in [-0.4, -0.2) is 97.8 Å². The molecule has 13 nitrogen and oxygen atoms in total. The normalized spacial score (nSPS) is 25.8. The van der Waals surface area contributed by atoms with Gasteiger partial charge in [0.2, 0.25) is 12.1 Å². The topological polar surface area (TPSA) is 158 Å². The highest BCUT2D eigenvalue weighted by molar-refractivity contribution is 6.03. The van der Waals surface area contributed by atoms with Crippen LogP contribution in [0, 0.1) is 17.8 Å². The zero-order chi connectivity index (χ0) is 44.2. The molecule has 348 valence electrons. The molecular formula is C49H77N3O10. The van der Waals surface area contributed by atoms with Gasteiger partial charge in [0.15, 0.2) is 0 Å². The minimum atomic E-state index is -1.41. The number of fused-ring (bicyclic) bond motifs is 2. The van der Waals surface area contributed by atoms with Gasteiger partial charge in [0, 0.05) is 51.1 Å². The van der Waals surface area contributed by atoms with Gasteiger partial charge in [0.05, 0.1) is 31.5 Å². The first kappa shape index (κ1) is 49.4. The molecule has 0 radical (unpaired) electrons. The Labute approximate surface area is 370 Å². The number of aliphatic hydroxyl groups is 2. The molecule has 0 spiro atoms. The molecule has 0 aromatic heterocycles. The Morgan fingerprint density at radius 2 is 1.69 bits per heavy atom. The van der Waals surface area contributed by atoms with E-state index in [9.17, 15) is 19.8 Å². The highest BCUT2D eigenvalue weighted by atomic mass is 16.8. The zero-order valence-electron chi connectivity index (χ0n) is 38.0. The van der Waals surface area contributed by atoms with Crippen molar-refractivity contribution in [3.63, 3.8) is 0 Å². The number of nitrogens with zero attached hydrogens (tertiary/aromatic N) is 2. The van der Waals surface area contributed by atoms with E-state index in [1.165, 1.54) is 44.9 Å². The molecular weight excluding hydrogens is 791 g/mol. The van der Waals surface area contributed by atoms with Gasteiger partial charge in [-0.15, -0.1) is 6.58 Å². The number of oxime groups is 1. The summed E-state index contributed by atoms with van der Waals surface area (Å²) in [7, 11) is 1.75. The Morgan fingerprint density at radius 3 is 2.37 bits per heavy atom. The van der Waals surface area contributed by atoms with Gasteiger partial charge in [-0.1, -0.05) is 94.9 Å². The predicted octanol–water partition coefficient (Wildman–Crippen LogP) is 9.94. The zero-order valence-corrected chi connectivity index (χ0v) is 38.0. The number of hydrogen-bond acceptors (Lipinski definition) is 11. The number of rotatable bonds is 27. The number of allylic oxidation sites excluding steroid dienone is 1. The van der Waals surface area contributed by atoms with Crippen LogP contribution in [0.4, 0.5) is 9.59 Å². The minimum absolute atomic E-state index is 0.0271. The van der Waals surface area contributed by atoms with Crippen molar-refractivity contribution in [2.45, 2.75) is 166 Å². The molecule has 1 aromatic carbocycles. The number of benzene rings is 1. The molecule has 13 heteroatoms. The van der Waals surface area contributed by atoms with Gasteiger partial charge in [-0.2, -0.15) is 0 Å². The van der Waals surface area contributed by atoms with Crippen LogP contribution in [0.25, 0.3) is 0 Å². The smallest absolute Gasteiger partial charge is 0.412 e. The standard InChI is InChI=1S/C49H77N3O10/c1-5-8-9-10-11-12-13-14-15-21-32-58-48(56)52(4)43-35-41(51-62-44-25-18-22-31-57-44)39-33-36(23-16-19-28-53)38(24-17-20-29-54)45-40-34-37(60-47(55)50-7-3)26-27-42(40)61-49(43,46(39)45)59-30-6-2/h6,26-27,33-34,36,38,43-46,53-54H,2,5,7-25,28-32,35H2,1,3-4H3,(H,50,55). The van der Waals surface area contributed by atoms with Crippen LogP contribution < -0.4 is 14.8 Å². The number of unbranched alkanes of at least 4 members (excludes halogenated alkanes) is 11. The first-order chi connectivity index (χ1) is 30.3. The maximum Gasteiger partial charge on any atom is 0.412 e. The summed E-state index contributed by atoms with van der Waals surface area (Å²) in [5.74, 6) is -1.11. The van der Waals surface area contributed by atoms with Gasteiger partial charge in [-0.25, -0.2) is 9.59 Å². The van der Waals surface area contributed by atoms with Crippen LogP contribution in [0.5, 0.6) is 11.5 Å². The lowest BCUT2D eigenvalue weighted by Crippen LogP contribution is -2.69. The number of ether oxygens (including phenoxy) is 5. The molecule has 5 rings (SSSR count). The van der Waals surface area contributed by atoms with Crippen molar-refractivity contribution in [2.75, 3.05) is 46.6 Å². The lowest BCUT2D eigenvalue weighted by Gasteiger charge is -2.59. The number of amides is 2. The van der Waals surface area contributed by atoms with Crippen molar-refractivity contribution in [1.82, 2.24) is 10.2 Å². The van der Waals surface area contributed by atoms with Crippen LogP contribution in [0.1, 0.15) is 154 Å². The molecule has 7 unspecified atom stereocenters. The van der Waals surface area contributed by atoms with Crippen molar-refractivity contribution in [2.24, 2.45) is 22.9 Å². The predicted molar refractivity (Wildman–Crippen MR) is 240 cm³/mol. The molecule has 1 aromatic rings. The van der Waals surface area contributed by atoms with Crippen molar-refractivity contribution >= 4 is 17.9 Å². The van der Waals surface area contributed by atoms with Crippen molar-refractivity contribution in [3.8, 4) is 11.5 Å². The lowest BCUT2D eigenvalue weighted by atomic mass is 9.55. The molecule has 0 bridgehead atoms. The van der Waals surface area contributed by atoms with Gasteiger partial charge in [-0.3, -0.25) is 0 Å². The van der Waals surface area contributed by atoms with Crippen LogP contribution in [0.3, 0.4) is 0 Å². The quantitative estimate of drug-likeness (QED) is 0.0442. The van der Waals surface area contributed by atoms with Crippen molar-refractivity contribution in [1.29, 1.82) is 0 Å². The first-order valence-electron chi connectivity index (χ1n) is 24.0. The Hall–Kier alpha value is -3.65. The van der Waals surface area contributed by atoms with Gasteiger partial charge >= 0.3 is 12.2 Å². The van der Waals surface area contributed by atoms with Gasteiger partial charge in [0.25, 0.3) is 0 Å². The van der Waals surface area contributed by atoms with Crippen LogP contribution in [0.15, 0.2) is 47.7 Å². The first-order valence-corrected chi connectivity index (χ1v) is 24.0. The fourth-order valence-corrected chi connectivity index (χ4v) is 9.97. The number of carbonyl (C=O) groups excluding carboxylic acids is 2. The maximum atomic E-state index is 14.2. The molecule has 2 heterocycles. The second kappa shape index (κ2) is 26.2. The highest BCUT2D eigenvalue weighted by Crippen LogP contribution is 2.62. The summed E-state index contributed by atoms with van der Waals surface area (Å²) < 4.78 is 31.9. The van der Waals surface area contributed by atoms with Crippen LogP contribution >= 0.6 is 0 Å². The second-order valence-electron chi connectivity index (χ2n) is 17.5. The third-order valence-corrected chi connectivity index (χ3v) is 13.1. The van der Waals surface area contributed by atoms with E-state index in [4.69, 9.17) is 33.7 Å². The number of aliphatic hydroxyl groups excluding tert-OH is 2. The Kier molecular flexibility index (Phi) is 20.9. The Balaban J connectivity index is 1.54. The summed E-state index contributed by atoms with van der Waals surface area (Å²) in [4.78, 5) is 34.7. The minimum Gasteiger partial charge on any atom is -0.459 e. The molecule has 2 amide bonds. The largest absolute Gasteiger partial charge is 0.459 e. The van der Waals surface area contributed by atoms with Crippen molar-refractivity contribution < 1.29 is 48.3 Å². The van der Waals surface area contributed by atoms with E-state index in [1.54, 1.807) is 24.1 Å². The highest BCUT2D eigenvalue weighted by Gasteiger charge is 2.65. The van der Waals surface area contributed by atoms with E-state index in [0.717, 1.165) is 75.3 Å². The van der Waals surface area contributed by atoms with Crippen molar-refractivity contribution in [3.05, 3.63) is 48.1 Å². The summed E-state index contributed by atoms with van der Waals surface area (Å²) in [5, 5.41) is 27.4. The molecule has 2 aliphatic heterocycles. The molecule has 2 fully saturated rings. The lowest BCUT2D eigenvalue weighted by molar-refractivity contribution is -0.254. The van der Waals surface area contributed by atoms with Gasteiger partial charge < -0.3 is 49.0 Å². The summed E-state index contributed by atoms with van der Waals surface area (Å²) in [6.45, 7) is 9.75. The van der Waals surface area contributed by atoms with E-state index in [1.807, 2.05) is 19.1 Å². The van der Waals surface area contributed by atoms with Gasteiger partial charge in [0.1, 0.15) is 17.5 Å². The molecule has 1 saturated heterocycles. The number of hydrogen-bond donors (Lipinski definition) is 3. The number of likely N-dealkylation sites (N-methyl/N-ethyl adjacent to an activating group) is 1. The van der Waals surface area contributed by atoms with E-state index in [-0.39, 0.29) is 44.0 Å². The van der Waals surface area contributed by atoms with Crippen LogP contribution in [0.2, 0.25) is 0 Å². The summed E-state index contributed by atoms with van der Waals surface area (Å²) >= 11 is 0. The molecule has 1 saturated carbocycles. The van der Waals surface area contributed by atoms with E-state index >= 15 is 0 Å². The van der Waals surface area contributed by atoms with E-state index < -0.39 is 36.2 Å². The van der Waals surface area contributed by atoms with Gasteiger partial charge in [-0.05, 0) is 87.5 Å². The third-order valence-electron chi connectivity index (χ3n) is 13.1. The monoisotopic (exact) mass is 868 g/mol. The Bertz CT molecular complexity index is 1600. The SMILES string of the molecule is C=CCOC12Oc3ccc(OC(=O)NCC)cc3C3C(CCCCO)C(CCCCO)C=C(C(=NOC4CCCCO4)CC1N(C)C(=O)OCCCCCCCCCCCC)C32. The fraction of sp³-hybridized carbons (Fsp3) is 0.735. The molecule has 7 atom stereocenters. The molecule has 4 aliphatic rings. The summed E-state index contributed by atoms with van der Waals surface area (Å²) in [5.41, 5.74) is 2.48. The molecule has 62 heavy (non-hydrogen) atoms. The fourth-order valence-electron chi connectivity index (χ4n) is 9.97. The summed E-state index contributed by atoms with van der Waals surface area (Å²) in [6, 6.07) is 4.75. The van der Waals surface area contributed by atoms with E-state index in [0.29, 0.717) is 49.8 Å². The number of nitrogens with one attached hydrogen (secondary N) is 1. The Morgan fingerprint density at radius 1 is 0.968 bits per heavy atom. The average molecular weight is 868 g/mol. The molecule has 3 N–H and O–H groups in total. The van der Waals surface area contributed by atoms with E-state index in [2.05, 4.69) is 24.9 Å². The summed E-state index contributed by atoms with van der Waals surface area (Å²) in [6.07, 6.45) is 21.8. The maximum absolute atomic E-state index is 14.2. The average Bonchev–Trinajstić information content (AvgIpc) is 3.28.